The van der Waals surface area contributed by atoms with Crippen LogP contribution >= 0.6 is 0 Å². The molecule has 8 rings (SSSR count). The van der Waals surface area contributed by atoms with Crippen LogP contribution in [0.3, 0.4) is 0 Å². The molecule has 5 aliphatic rings. The average Bonchev–Trinajstić information content (AvgIpc) is 3.79. The minimum atomic E-state index is 0. The second-order valence-electron chi connectivity index (χ2n) is 11.8. The van der Waals surface area contributed by atoms with Gasteiger partial charge in [-0.1, -0.05) is 35.1 Å². The smallest absolute Gasteiger partial charge is 0.128 e. The maximum atomic E-state index is 6.37. The van der Waals surface area contributed by atoms with Crippen LogP contribution in [0, 0.1) is 11.8 Å². The van der Waals surface area contributed by atoms with Gasteiger partial charge < -0.3 is 35.7 Å². The van der Waals surface area contributed by atoms with Crippen LogP contribution in [0.5, 0.6) is 11.5 Å². The van der Waals surface area contributed by atoms with Crippen LogP contribution < -0.4 is 30.7 Å². The number of imidazole rings is 1. The van der Waals surface area contributed by atoms with E-state index in [2.05, 4.69) is 70.6 Å². The number of hydrogen-bond acceptors (Lipinski definition) is 7. The van der Waals surface area contributed by atoms with E-state index in [0.717, 1.165) is 64.9 Å². The van der Waals surface area contributed by atoms with Gasteiger partial charge in [0.05, 0.1) is 23.6 Å². The van der Waals surface area contributed by atoms with E-state index in [9.17, 15) is 0 Å². The summed E-state index contributed by atoms with van der Waals surface area (Å²) in [6, 6.07) is 9.53. The van der Waals surface area contributed by atoms with Crippen LogP contribution in [-0.4, -0.2) is 35.3 Å². The highest BCUT2D eigenvalue weighted by atomic mass is 16.5. The first kappa shape index (κ1) is 27.7. The number of ether oxygens (including phenoxy) is 2. The minimum absolute atomic E-state index is 0. The van der Waals surface area contributed by atoms with E-state index in [-0.39, 0.29) is 16.4 Å². The third-order valence-electron chi connectivity index (χ3n) is 8.79. The van der Waals surface area contributed by atoms with E-state index >= 15 is 0 Å². The molecule has 2 aromatic carbocycles. The first-order valence-corrected chi connectivity index (χ1v) is 14.9. The van der Waals surface area contributed by atoms with E-state index in [1.54, 1.807) is 0 Å². The Morgan fingerprint density at radius 3 is 2.17 bits per heavy atom. The maximum absolute atomic E-state index is 6.37. The third-order valence-corrected chi connectivity index (χ3v) is 8.79. The number of hydrogen-bond donors (Lipinski definition) is 5. The predicted octanol–water partition coefficient (Wildman–Crippen LogP) is 6.17. The van der Waals surface area contributed by atoms with Crippen molar-refractivity contribution in [3.05, 3.63) is 59.2 Å². The maximum Gasteiger partial charge on any atom is 0.128 e. The van der Waals surface area contributed by atoms with Crippen molar-refractivity contribution in [2.24, 2.45) is 11.8 Å². The molecule has 0 radical (unpaired) electrons. The molecule has 1 aromatic heterocycles. The lowest BCUT2D eigenvalue weighted by molar-refractivity contribution is 0.278. The fourth-order valence-corrected chi connectivity index (χ4v) is 6.79. The average molecular weight is 561 g/mol. The van der Waals surface area contributed by atoms with Gasteiger partial charge in [-0.25, -0.2) is 4.98 Å². The Morgan fingerprint density at radius 1 is 0.854 bits per heavy atom. The fraction of sp³-hybridized carbons (Fsp3) is 0.485. The molecule has 8 heteroatoms. The molecule has 0 bridgehead atoms. The Labute approximate surface area is 246 Å². The molecule has 222 valence electrons. The molecule has 5 aliphatic heterocycles. The molecule has 0 aliphatic carbocycles. The van der Waals surface area contributed by atoms with Crippen molar-refractivity contribution >= 4 is 5.70 Å². The summed E-state index contributed by atoms with van der Waals surface area (Å²) in [4.78, 5) is 8.25. The monoisotopic (exact) mass is 560 g/mol. The molecule has 3 aromatic rings. The first-order chi connectivity index (χ1) is 19.6. The summed E-state index contributed by atoms with van der Waals surface area (Å²) in [6.45, 7) is 11.8. The second kappa shape index (κ2) is 11.1. The summed E-state index contributed by atoms with van der Waals surface area (Å²) in [6.07, 6.45) is 6.54. The molecule has 6 heterocycles. The summed E-state index contributed by atoms with van der Waals surface area (Å²) >= 11 is 0. The van der Waals surface area contributed by atoms with Crippen LogP contribution in [-0.2, 0) is 13.2 Å². The quantitative estimate of drug-likeness (QED) is 0.261. The van der Waals surface area contributed by atoms with Crippen molar-refractivity contribution in [2.45, 2.75) is 79.4 Å². The van der Waals surface area contributed by atoms with E-state index in [1.807, 2.05) is 20.0 Å². The Balaban J connectivity index is 0.000000830. The van der Waals surface area contributed by atoms with Gasteiger partial charge >= 0.3 is 0 Å². The van der Waals surface area contributed by atoms with Gasteiger partial charge in [-0.05, 0) is 62.0 Å². The zero-order valence-electron chi connectivity index (χ0n) is 23.9. The normalized spacial score (nSPS) is 26.7. The van der Waals surface area contributed by atoms with Gasteiger partial charge in [0.2, 0.25) is 0 Å². The van der Waals surface area contributed by atoms with E-state index in [1.165, 1.54) is 23.1 Å². The zero-order valence-corrected chi connectivity index (χ0v) is 23.9. The van der Waals surface area contributed by atoms with Crippen LogP contribution in [0.25, 0.3) is 28.1 Å². The lowest BCUT2D eigenvalue weighted by Gasteiger charge is -2.30. The molecule has 0 saturated carbocycles. The van der Waals surface area contributed by atoms with Crippen molar-refractivity contribution in [1.29, 1.82) is 0 Å². The Kier molecular flexibility index (Phi) is 7.47. The molecule has 2 fully saturated rings. The van der Waals surface area contributed by atoms with Gasteiger partial charge in [0, 0.05) is 48.5 Å². The molecule has 0 spiro atoms. The van der Waals surface area contributed by atoms with Crippen molar-refractivity contribution < 1.29 is 12.3 Å². The number of rotatable bonds is 4. The van der Waals surface area contributed by atoms with Crippen molar-refractivity contribution in [2.75, 3.05) is 13.1 Å². The summed E-state index contributed by atoms with van der Waals surface area (Å²) in [5.74, 6) is 4.26. The number of nitrogens with one attached hydrogen (secondary N) is 5. The van der Waals surface area contributed by atoms with Crippen molar-refractivity contribution in [3.63, 3.8) is 0 Å². The molecule has 0 amide bonds. The highest BCUT2D eigenvalue weighted by Crippen LogP contribution is 2.50. The lowest BCUT2D eigenvalue weighted by Crippen LogP contribution is -2.47. The van der Waals surface area contributed by atoms with E-state index in [4.69, 9.17) is 14.5 Å². The van der Waals surface area contributed by atoms with Crippen LogP contribution in [0.15, 0.2) is 36.7 Å². The van der Waals surface area contributed by atoms with Gasteiger partial charge in [-0.2, -0.15) is 0 Å². The van der Waals surface area contributed by atoms with E-state index < -0.39 is 0 Å². The molecule has 5 N–H and O–H groups in total. The lowest BCUT2D eigenvalue weighted by atomic mass is 9.87. The Morgan fingerprint density at radius 2 is 1.51 bits per heavy atom. The van der Waals surface area contributed by atoms with Crippen LogP contribution in [0.4, 0.5) is 0 Å². The fourth-order valence-electron chi connectivity index (χ4n) is 6.79. The van der Waals surface area contributed by atoms with Gasteiger partial charge in [-0.3, -0.25) is 0 Å². The van der Waals surface area contributed by atoms with E-state index in [0.29, 0.717) is 37.1 Å². The molecule has 8 nitrogen and oxygen atoms in total. The first-order valence-electron chi connectivity index (χ1n) is 14.9. The topological polar surface area (TPSA) is 95.3 Å². The summed E-state index contributed by atoms with van der Waals surface area (Å²) < 4.78 is 12.7. The summed E-state index contributed by atoms with van der Waals surface area (Å²) in [5, 5.41) is 14.4. The highest BCUT2D eigenvalue weighted by Gasteiger charge is 2.33. The van der Waals surface area contributed by atoms with Gasteiger partial charge in [-0.15, -0.1) is 0 Å². The van der Waals surface area contributed by atoms with Crippen LogP contribution in [0.2, 0.25) is 0 Å². The van der Waals surface area contributed by atoms with Crippen molar-refractivity contribution in [3.8, 4) is 33.9 Å². The number of H-pyrrole nitrogens is 1. The highest BCUT2D eigenvalue weighted by molar-refractivity contribution is 5.88. The van der Waals surface area contributed by atoms with Crippen molar-refractivity contribution in [1.82, 2.24) is 31.2 Å². The molecule has 2 saturated heterocycles. The largest absolute Gasteiger partial charge is 0.488 e. The summed E-state index contributed by atoms with van der Waals surface area (Å²) in [7, 11) is 0. The van der Waals surface area contributed by atoms with Gasteiger partial charge in [0.1, 0.15) is 36.7 Å². The zero-order chi connectivity index (χ0) is 27.4. The molecule has 41 heavy (non-hydrogen) atoms. The molecular weight excluding hydrogens is 512 g/mol. The third kappa shape index (κ3) is 4.87. The number of benzene rings is 2. The number of aromatic nitrogens is 2. The molecule has 1 unspecified atom stereocenters. The summed E-state index contributed by atoms with van der Waals surface area (Å²) in [5.41, 5.74) is 9.01. The van der Waals surface area contributed by atoms with Gasteiger partial charge in [0.15, 0.2) is 0 Å². The molecule has 5 atom stereocenters. The SMILES string of the molecule is C.CC.C[C@@H]1CN[C@H](c2ncc(-c3cc4c5c(c3)OCc3cc(C6=CNC([C@@H]7C[C@H](C)CN7)N6)cc(c3-5)OC4)[nH]2)C1.[HH].[HH]. The second-order valence-corrected chi connectivity index (χ2v) is 11.8. The van der Waals surface area contributed by atoms with Gasteiger partial charge in [0.25, 0.3) is 0 Å². The Hall–Kier alpha value is -3.49. The standard InChI is InChI=1S/C30H34N6O2.C2H6.CH4.2H2/c1-15-3-21(31-9-15)29-33-11-23(35-29)17-5-19-13-38-26-8-18(6-20-14-37-25(7-17)27(19)28(20)26)24-12-34-30(36-24)22-4-16(2)10-32-22;1-2;;;/h5-8,11-12,15-16,21-22,29,31-33,35H,3-4,9-10,13-14H2,1-2H3,(H,34,36);1-2H3;1H4;2*1H/t15-,16-,21-,22-,29?;;;;/m0..../s1. The number of nitrogens with zero attached hydrogens (tertiary/aromatic N) is 1. The Bertz CT molecular complexity index is 1420. The molecular formula is C33H48N6O2. The predicted molar refractivity (Wildman–Crippen MR) is 169 cm³/mol. The van der Waals surface area contributed by atoms with Crippen LogP contribution in [0.1, 0.15) is 79.4 Å². The minimum Gasteiger partial charge on any atom is -0.488 e. The number of aromatic amines is 1.